The second-order valence-electron chi connectivity index (χ2n) is 8.14. The first-order valence-electron chi connectivity index (χ1n) is 11.6. The van der Waals surface area contributed by atoms with Crippen LogP contribution >= 0.6 is 11.6 Å². The monoisotopic (exact) mass is 571 g/mol. The van der Waals surface area contributed by atoms with Crippen molar-refractivity contribution in [3.63, 3.8) is 0 Å². The van der Waals surface area contributed by atoms with Crippen LogP contribution < -0.4 is 0 Å². The van der Waals surface area contributed by atoms with E-state index in [4.69, 9.17) is 60.5 Å². The summed E-state index contributed by atoms with van der Waals surface area (Å²) in [5.74, 6) is -7.14. The number of carboxylic acids is 4. The summed E-state index contributed by atoms with van der Waals surface area (Å²) in [6.07, 6.45) is 0.485. The van der Waals surface area contributed by atoms with Crippen LogP contribution in [0.15, 0.2) is 34.9 Å². The largest absolute Gasteiger partial charge is 0.473 e. The molecule has 4 N–H and O–H groups in total. The summed E-state index contributed by atoms with van der Waals surface area (Å²) in [5, 5.41) is 34.3. The third-order valence-corrected chi connectivity index (χ3v) is 5.54. The molecular formula is C24H30ClN3O11. The van der Waals surface area contributed by atoms with Crippen molar-refractivity contribution in [2.45, 2.75) is 13.3 Å². The smallest absolute Gasteiger partial charge is 0.414 e. The Morgan fingerprint density at radius 2 is 1.51 bits per heavy atom. The van der Waals surface area contributed by atoms with Gasteiger partial charge >= 0.3 is 29.8 Å². The molecule has 1 atom stereocenters. The zero-order chi connectivity index (χ0) is 29.5. The van der Waals surface area contributed by atoms with Gasteiger partial charge in [-0.05, 0) is 26.1 Å². The number of benzene rings is 1. The maximum absolute atomic E-state index is 12.5. The number of halogens is 1. The molecule has 0 amide bonds. The van der Waals surface area contributed by atoms with E-state index in [-0.39, 0.29) is 11.9 Å². The van der Waals surface area contributed by atoms with Gasteiger partial charge in [-0.2, -0.15) is 0 Å². The van der Waals surface area contributed by atoms with Crippen LogP contribution in [0.2, 0.25) is 5.02 Å². The summed E-state index contributed by atoms with van der Waals surface area (Å²) in [6, 6.07) is 9.33. The molecule has 15 heteroatoms. The summed E-state index contributed by atoms with van der Waals surface area (Å²) in [5.41, 5.74) is 1.53. The van der Waals surface area contributed by atoms with Gasteiger partial charge in [-0.3, -0.25) is 9.69 Å². The van der Waals surface area contributed by atoms with E-state index in [9.17, 15) is 4.79 Å². The normalized spacial score (nSPS) is 14.0. The quantitative estimate of drug-likeness (QED) is 0.272. The number of piperazine rings is 1. The van der Waals surface area contributed by atoms with Crippen LogP contribution in [0, 0.1) is 5.92 Å². The minimum Gasteiger partial charge on any atom is -0.473 e. The summed E-state index contributed by atoms with van der Waals surface area (Å²) in [7, 11) is 2.12. The number of hydrogen-bond donors (Lipinski definition) is 4. The molecular weight excluding hydrogens is 542 g/mol. The van der Waals surface area contributed by atoms with Gasteiger partial charge in [-0.1, -0.05) is 28.9 Å². The van der Waals surface area contributed by atoms with Crippen molar-refractivity contribution in [2.75, 3.05) is 46.4 Å². The van der Waals surface area contributed by atoms with Gasteiger partial charge in [-0.25, -0.2) is 19.2 Å². The van der Waals surface area contributed by atoms with Crippen molar-refractivity contribution in [2.24, 2.45) is 5.92 Å². The Morgan fingerprint density at radius 1 is 0.974 bits per heavy atom. The minimum atomic E-state index is -1.82. The molecule has 1 aromatic heterocycles. The van der Waals surface area contributed by atoms with Crippen molar-refractivity contribution >= 4 is 41.4 Å². The third-order valence-electron chi connectivity index (χ3n) is 5.21. The molecule has 3 rings (SSSR count). The SMILES string of the molecule is CCOC(=O)C(Cc1cc(-c2ccccc2Cl)on1)CN1CCN(C)CC1.O=C(O)C(=O)O.O=C(O)C(=O)O. The second kappa shape index (κ2) is 16.8. The van der Waals surface area contributed by atoms with E-state index in [1.807, 2.05) is 37.3 Å². The van der Waals surface area contributed by atoms with Crippen LogP contribution in [-0.4, -0.2) is 112 Å². The molecule has 1 aliphatic rings. The van der Waals surface area contributed by atoms with E-state index >= 15 is 0 Å². The highest BCUT2D eigenvalue weighted by atomic mass is 35.5. The van der Waals surface area contributed by atoms with Crippen LogP contribution in [0.3, 0.4) is 0 Å². The van der Waals surface area contributed by atoms with Gasteiger partial charge in [0.15, 0.2) is 5.76 Å². The topological polar surface area (TPSA) is 208 Å². The van der Waals surface area contributed by atoms with E-state index in [1.165, 1.54) is 0 Å². The average molecular weight is 572 g/mol. The fourth-order valence-electron chi connectivity index (χ4n) is 3.27. The number of carboxylic acid groups (broad SMARTS) is 4. The van der Waals surface area contributed by atoms with Gasteiger partial charge < -0.3 is 34.6 Å². The number of nitrogens with zero attached hydrogens (tertiary/aromatic N) is 3. The van der Waals surface area contributed by atoms with Crippen LogP contribution in [-0.2, 0) is 35.1 Å². The third kappa shape index (κ3) is 12.4. The average Bonchev–Trinajstić information content (AvgIpc) is 3.34. The molecule has 39 heavy (non-hydrogen) atoms. The van der Waals surface area contributed by atoms with Crippen LogP contribution in [0.25, 0.3) is 11.3 Å². The molecule has 14 nitrogen and oxygen atoms in total. The predicted molar refractivity (Wildman–Crippen MR) is 135 cm³/mol. The molecule has 0 aliphatic carbocycles. The van der Waals surface area contributed by atoms with E-state index in [1.54, 1.807) is 0 Å². The van der Waals surface area contributed by atoms with Gasteiger partial charge in [-0.15, -0.1) is 0 Å². The molecule has 2 aromatic rings. The highest BCUT2D eigenvalue weighted by Crippen LogP contribution is 2.28. The number of aromatic nitrogens is 1. The highest BCUT2D eigenvalue weighted by molar-refractivity contribution is 6.33. The van der Waals surface area contributed by atoms with Crippen molar-refractivity contribution in [1.29, 1.82) is 0 Å². The van der Waals surface area contributed by atoms with E-state index < -0.39 is 23.9 Å². The summed E-state index contributed by atoms with van der Waals surface area (Å²) in [6.45, 7) is 6.80. The number of carbonyl (C=O) groups excluding carboxylic acids is 1. The molecule has 0 radical (unpaired) electrons. The molecule has 0 spiro atoms. The molecule has 0 bridgehead atoms. The molecule has 0 saturated carbocycles. The van der Waals surface area contributed by atoms with Crippen molar-refractivity contribution in [1.82, 2.24) is 15.0 Å². The van der Waals surface area contributed by atoms with E-state index in [0.717, 1.165) is 37.4 Å². The number of likely N-dealkylation sites (N-methyl/N-ethyl adjacent to an activating group) is 1. The predicted octanol–water partition coefficient (Wildman–Crippen LogP) is 1.28. The number of aliphatic carboxylic acids is 4. The second-order valence-corrected chi connectivity index (χ2v) is 8.55. The Balaban J connectivity index is 0.000000530. The Labute approximate surface area is 228 Å². The van der Waals surface area contributed by atoms with Crippen molar-refractivity contribution in [3.8, 4) is 11.3 Å². The fourth-order valence-corrected chi connectivity index (χ4v) is 3.50. The lowest BCUT2D eigenvalue weighted by Gasteiger charge is -2.34. The Hall–Kier alpha value is -4.01. The highest BCUT2D eigenvalue weighted by Gasteiger charge is 2.26. The summed E-state index contributed by atoms with van der Waals surface area (Å²) >= 11 is 6.23. The Bertz CT molecular complexity index is 1080. The summed E-state index contributed by atoms with van der Waals surface area (Å²) < 4.78 is 10.8. The van der Waals surface area contributed by atoms with Gasteiger partial charge in [0, 0.05) is 50.8 Å². The number of carbonyl (C=O) groups is 5. The molecule has 214 valence electrons. The number of esters is 1. The van der Waals surface area contributed by atoms with Crippen molar-refractivity contribution < 1.29 is 53.7 Å². The van der Waals surface area contributed by atoms with Crippen LogP contribution in [0.5, 0.6) is 0 Å². The molecule has 1 aromatic carbocycles. The number of ether oxygens (including phenoxy) is 1. The lowest BCUT2D eigenvalue weighted by molar-refractivity contribution is -0.159. The fraction of sp³-hybridized carbons (Fsp3) is 0.417. The van der Waals surface area contributed by atoms with E-state index in [0.29, 0.717) is 30.4 Å². The first-order valence-corrected chi connectivity index (χ1v) is 11.9. The van der Waals surface area contributed by atoms with Gasteiger partial charge in [0.05, 0.1) is 23.2 Å². The lowest BCUT2D eigenvalue weighted by Crippen LogP contribution is -2.47. The van der Waals surface area contributed by atoms with Crippen LogP contribution in [0.1, 0.15) is 12.6 Å². The maximum Gasteiger partial charge on any atom is 0.414 e. The molecule has 2 heterocycles. The van der Waals surface area contributed by atoms with Crippen molar-refractivity contribution in [3.05, 3.63) is 41.0 Å². The lowest BCUT2D eigenvalue weighted by atomic mass is 10.0. The molecule has 1 fully saturated rings. The standard InChI is InChI=1S/C20H26ClN3O3.2C2H2O4/c1-3-26-20(25)15(14-24-10-8-23(2)9-11-24)12-16-13-19(27-22-16)17-6-4-5-7-18(17)21;2*3-1(4)2(5)6/h4-7,13,15H,3,8-12,14H2,1-2H3;2*(H,3,4)(H,5,6). The van der Waals surface area contributed by atoms with Gasteiger partial charge in [0.25, 0.3) is 0 Å². The van der Waals surface area contributed by atoms with Gasteiger partial charge in [0.2, 0.25) is 0 Å². The molecule has 1 unspecified atom stereocenters. The zero-order valence-electron chi connectivity index (χ0n) is 21.3. The molecule has 1 aliphatic heterocycles. The molecule has 1 saturated heterocycles. The Morgan fingerprint density at radius 3 is 2.00 bits per heavy atom. The Kier molecular flexibility index (Phi) is 14.2. The maximum atomic E-state index is 12.5. The first kappa shape index (κ1) is 33.0. The number of rotatable bonds is 7. The summed E-state index contributed by atoms with van der Waals surface area (Å²) in [4.78, 5) is 53.5. The number of hydrogen-bond acceptors (Lipinski definition) is 10. The zero-order valence-corrected chi connectivity index (χ0v) is 22.0. The minimum absolute atomic E-state index is 0.182. The van der Waals surface area contributed by atoms with E-state index in [2.05, 4.69) is 22.0 Å². The van der Waals surface area contributed by atoms with Gasteiger partial charge in [0.1, 0.15) is 0 Å². The first-order chi connectivity index (χ1) is 18.3. The van der Waals surface area contributed by atoms with Crippen LogP contribution in [0.4, 0.5) is 0 Å².